The van der Waals surface area contributed by atoms with Gasteiger partial charge in [-0.25, -0.2) is 13.5 Å². The third kappa shape index (κ3) is 2.62. The number of rotatable bonds is 3. The maximum atomic E-state index is 14.2. The number of hydrogen-bond acceptors (Lipinski definition) is 4. The van der Waals surface area contributed by atoms with Crippen molar-refractivity contribution in [2.75, 3.05) is 5.32 Å². The Morgan fingerprint density at radius 2 is 2.15 bits per heavy atom. The van der Waals surface area contributed by atoms with E-state index in [1.807, 2.05) is 0 Å². The molecule has 0 saturated carbocycles. The van der Waals surface area contributed by atoms with Gasteiger partial charge >= 0.3 is 0 Å². The fourth-order valence-electron chi connectivity index (χ4n) is 3.19. The monoisotopic (exact) mass is 373 g/mol. The van der Waals surface area contributed by atoms with Gasteiger partial charge < -0.3 is 5.32 Å². The van der Waals surface area contributed by atoms with Crippen LogP contribution >= 0.6 is 11.3 Å². The second kappa shape index (κ2) is 6.14. The first-order chi connectivity index (χ1) is 12.5. The SMILES string of the molecule is Cc1nn(-c2ccc(F)cc2F)c2c1[C@H](C(=O)c1cccs1)CC(=O)N2. The van der Waals surface area contributed by atoms with Crippen LogP contribution in [0.25, 0.3) is 5.69 Å². The standard InChI is InChI=1S/C18H13F2N3O2S/c1-9-16-11(17(25)14-3-2-6-26-14)8-15(24)21-18(16)23(22-9)13-5-4-10(19)7-12(13)20/h2-7,11H,8H2,1H3,(H,21,24)/t11-/m1/s1. The van der Waals surface area contributed by atoms with Crippen LogP contribution in [0.15, 0.2) is 35.7 Å². The number of nitrogens with zero attached hydrogens (tertiary/aromatic N) is 2. The first-order valence-electron chi connectivity index (χ1n) is 7.88. The number of hydrogen-bond donors (Lipinski definition) is 1. The van der Waals surface area contributed by atoms with E-state index in [-0.39, 0.29) is 29.6 Å². The predicted molar refractivity (Wildman–Crippen MR) is 92.9 cm³/mol. The Labute approximate surface area is 151 Å². The van der Waals surface area contributed by atoms with Crippen molar-refractivity contribution in [2.24, 2.45) is 0 Å². The highest BCUT2D eigenvalue weighted by Crippen LogP contribution is 2.39. The van der Waals surface area contributed by atoms with Crippen molar-refractivity contribution in [3.63, 3.8) is 0 Å². The maximum Gasteiger partial charge on any atom is 0.226 e. The summed E-state index contributed by atoms with van der Waals surface area (Å²) >= 11 is 1.30. The molecule has 0 radical (unpaired) electrons. The van der Waals surface area contributed by atoms with Crippen molar-refractivity contribution in [3.8, 4) is 5.69 Å². The van der Waals surface area contributed by atoms with Gasteiger partial charge in [0.2, 0.25) is 5.91 Å². The molecular formula is C18H13F2N3O2S. The molecule has 0 aliphatic carbocycles. The Balaban J connectivity index is 1.86. The van der Waals surface area contributed by atoms with Gasteiger partial charge in [-0.3, -0.25) is 9.59 Å². The molecule has 1 aliphatic heterocycles. The van der Waals surface area contributed by atoms with Gasteiger partial charge in [-0.05, 0) is 30.5 Å². The van der Waals surface area contributed by atoms with E-state index in [1.54, 1.807) is 24.4 Å². The van der Waals surface area contributed by atoms with E-state index in [0.29, 0.717) is 16.1 Å². The molecule has 1 aromatic carbocycles. The Morgan fingerprint density at radius 3 is 2.85 bits per heavy atom. The summed E-state index contributed by atoms with van der Waals surface area (Å²) in [6.45, 7) is 1.70. The lowest BCUT2D eigenvalue weighted by atomic mass is 9.87. The van der Waals surface area contributed by atoms with E-state index in [1.165, 1.54) is 22.1 Å². The second-order valence-corrected chi connectivity index (χ2v) is 6.95. The average Bonchev–Trinajstić information content (AvgIpc) is 3.22. The quantitative estimate of drug-likeness (QED) is 0.710. The molecule has 1 amide bonds. The first kappa shape index (κ1) is 16.6. The summed E-state index contributed by atoms with van der Waals surface area (Å²) < 4.78 is 28.6. The molecule has 2 aromatic heterocycles. The predicted octanol–water partition coefficient (Wildman–Crippen LogP) is 3.83. The number of aromatic nitrogens is 2. The third-order valence-electron chi connectivity index (χ3n) is 4.32. The molecule has 132 valence electrons. The summed E-state index contributed by atoms with van der Waals surface area (Å²) in [5, 5.41) is 8.76. The number of carbonyl (C=O) groups excluding carboxylic acids is 2. The fourth-order valence-corrected chi connectivity index (χ4v) is 3.91. The number of fused-ring (bicyclic) bond motifs is 1. The van der Waals surface area contributed by atoms with Gasteiger partial charge in [0.25, 0.3) is 0 Å². The summed E-state index contributed by atoms with van der Waals surface area (Å²) in [6.07, 6.45) is 0.00215. The molecule has 8 heteroatoms. The first-order valence-corrected chi connectivity index (χ1v) is 8.76. The number of nitrogens with one attached hydrogen (secondary N) is 1. The summed E-state index contributed by atoms with van der Waals surface area (Å²) in [7, 11) is 0. The molecule has 1 atom stereocenters. The van der Waals surface area contributed by atoms with Crippen LogP contribution in [0.5, 0.6) is 0 Å². The maximum absolute atomic E-state index is 14.2. The van der Waals surface area contributed by atoms with Crippen LogP contribution in [-0.4, -0.2) is 21.5 Å². The highest BCUT2D eigenvalue weighted by Gasteiger charge is 2.36. The molecule has 4 rings (SSSR count). The molecule has 26 heavy (non-hydrogen) atoms. The minimum atomic E-state index is -0.809. The summed E-state index contributed by atoms with van der Waals surface area (Å²) in [4.78, 5) is 25.6. The summed E-state index contributed by atoms with van der Waals surface area (Å²) in [6, 6.07) is 6.58. The van der Waals surface area contributed by atoms with Crippen LogP contribution in [0, 0.1) is 18.6 Å². The van der Waals surface area contributed by atoms with Crippen LogP contribution in [-0.2, 0) is 4.79 Å². The molecule has 0 saturated heterocycles. The molecule has 1 N–H and O–H groups in total. The van der Waals surface area contributed by atoms with Gasteiger partial charge in [-0.15, -0.1) is 11.3 Å². The van der Waals surface area contributed by atoms with Crippen molar-refractivity contribution in [1.29, 1.82) is 0 Å². The fraction of sp³-hybridized carbons (Fsp3) is 0.167. The molecule has 0 fully saturated rings. The lowest BCUT2D eigenvalue weighted by molar-refractivity contribution is -0.116. The Hall–Kier alpha value is -2.87. The van der Waals surface area contributed by atoms with Crippen LogP contribution < -0.4 is 5.32 Å². The van der Waals surface area contributed by atoms with Crippen molar-refractivity contribution >= 4 is 28.8 Å². The Morgan fingerprint density at radius 1 is 1.35 bits per heavy atom. The van der Waals surface area contributed by atoms with Crippen LogP contribution in [0.2, 0.25) is 0 Å². The van der Waals surface area contributed by atoms with Crippen LogP contribution in [0.3, 0.4) is 0 Å². The lowest BCUT2D eigenvalue weighted by Crippen LogP contribution is -2.28. The van der Waals surface area contributed by atoms with Gasteiger partial charge in [0.15, 0.2) is 11.6 Å². The van der Waals surface area contributed by atoms with Gasteiger partial charge in [0, 0.05) is 18.1 Å². The molecular weight excluding hydrogens is 360 g/mol. The molecule has 1 aliphatic rings. The van der Waals surface area contributed by atoms with E-state index in [4.69, 9.17) is 0 Å². The van der Waals surface area contributed by atoms with E-state index >= 15 is 0 Å². The number of ketones is 1. The third-order valence-corrected chi connectivity index (χ3v) is 5.21. The largest absolute Gasteiger partial charge is 0.310 e. The minimum absolute atomic E-state index is 0.000252. The number of aryl methyl sites for hydroxylation is 1. The Bertz CT molecular complexity index is 1030. The average molecular weight is 373 g/mol. The second-order valence-electron chi connectivity index (χ2n) is 6.00. The highest BCUT2D eigenvalue weighted by molar-refractivity contribution is 7.12. The van der Waals surface area contributed by atoms with Crippen molar-refractivity contribution in [3.05, 3.63) is 63.5 Å². The van der Waals surface area contributed by atoms with Gasteiger partial charge in [0.05, 0.1) is 16.5 Å². The van der Waals surface area contributed by atoms with E-state index in [2.05, 4.69) is 10.4 Å². The summed E-state index contributed by atoms with van der Waals surface area (Å²) in [5.41, 5.74) is 1.07. The Kier molecular flexibility index (Phi) is 3.91. The zero-order chi connectivity index (χ0) is 18.4. The van der Waals surface area contributed by atoms with E-state index in [9.17, 15) is 18.4 Å². The number of Topliss-reactive ketones (excluding diaryl/α,β-unsaturated/α-hetero) is 1. The number of halogens is 2. The van der Waals surface area contributed by atoms with E-state index < -0.39 is 17.6 Å². The minimum Gasteiger partial charge on any atom is -0.310 e. The molecule has 3 aromatic rings. The number of thiophene rings is 1. The van der Waals surface area contributed by atoms with Crippen LogP contribution in [0.1, 0.15) is 33.3 Å². The topological polar surface area (TPSA) is 64.0 Å². The number of carbonyl (C=O) groups is 2. The van der Waals surface area contributed by atoms with Gasteiger partial charge in [-0.1, -0.05) is 6.07 Å². The zero-order valence-electron chi connectivity index (χ0n) is 13.6. The number of anilines is 1. The zero-order valence-corrected chi connectivity index (χ0v) is 14.4. The molecule has 5 nitrogen and oxygen atoms in total. The van der Waals surface area contributed by atoms with Gasteiger partial charge in [0.1, 0.15) is 17.3 Å². The highest BCUT2D eigenvalue weighted by atomic mass is 32.1. The van der Waals surface area contributed by atoms with E-state index in [0.717, 1.165) is 12.1 Å². The van der Waals surface area contributed by atoms with Gasteiger partial charge in [-0.2, -0.15) is 5.10 Å². The van der Waals surface area contributed by atoms with Crippen molar-refractivity contribution < 1.29 is 18.4 Å². The molecule has 0 spiro atoms. The number of benzene rings is 1. The smallest absolute Gasteiger partial charge is 0.226 e. The molecule has 3 heterocycles. The molecule has 0 bridgehead atoms. The normalized spacial score (nSPS) is 16.3. The lowest BCUT2D eigenvalue weighted by Gasteiger charge is -2.22. The van der Waals surface area contributed by atoms with Crippen LogP contribution in [0.4, 0.5) is 14.6 Å². The number of amides is 1. The molecule has 0 unspecified atom stereocenters. The van der Waals surface area contributed by atoms with Crippen molar-refractivity contribution in [1.82, 2.24) is 9.78 Å². The summed E-state index contributed by atoms with van der Waals surface area (Å²) in [5.74, 6) is -2.47. The van der Waals surface area contributed by atoms with Crippen molar-refractivity contribution in [2.45, 2.75) is 19.3 Å².